The van der Waals surface area contributed by atoms with E-state index in [4.69, 9.17) is 0 Å². The molecule has 0 aromatic heterocycles. The molecule has 2 N–H and O–H groups in total. The fraction of sp³-hybridized carbons (Fsp3) is 0.364. The average molecular weight is 365 g/mol. The molecule has 0 aliphatic heterocycles. The number of hydrogen-bond acceptors (Lipinski definition) is 3. The minimum Gasteiger partial charge on any atom is -0.372 e. The largest absolute Gasteiger partial charge is 0.372 e. The maximum absolute atomic E-state index is 12.7. The van der Waals surface area contributed by atoms with Gasteiger partial charge in [-0.1, -0.05) is 30.3 Å². The Morgan fingerprint density at radius 3 is 2.11 bits per heavy atom. The van der Waals surface area contributed by atoms with Crippen LogP contribution in [0.3, 0.4) is 0 Å². The second kappa shape index (κ2) is 8.25. The Kier molecular flexibility index (Phi) is 5.79. The molecule has 2 amide bonds. The summed E-state index contributed by atoms with van der Waals surface area (Å²) in [6, 6.07) is 17.5. The molecule has 3 rings (SSSR count). The number of hydrogen-bond donors (Lipinski definition) is 2. The lowest BCUT2D eigenvalue weighted by Gasteiger charge is -2.21. The predicted molar refractivity (Wildman–Crippen MR) is 109 cm³/mol. The Labute approximate surface area is 160 Å². The molecule has 5 heteroatoms. The summed E-state index contributed by atoms with van der Waals surface area (Å²) in [7, 11) is 0. The standard InChI is InChI=1S/C22H27N3O2/c1-3-25(4-2)19-12-10-18(11-13-19)24-21(27)22(14-15-22)20(26)23-16-17-8-6-5-7-9-17/h5-13H,3-4,14-16H2,1-2H3,(H,23,26)(H,24,27). The van der Waals surface area contributed by atoms with E-state index in [0.29, 0.717) is 19.4 Å². The summed E-state index contributed by atoms with van der Waals surface area (Å²) in [5.41, 5.74) is 1.94. The normalized spacial score (nSPS) is 14.3. The van der Waals surface area contributed by atoms with Crippen molar-refractivity contribution in [3.05, 3.63) is 60.2 Å². The number of carbonyl (C=O) groups is 2. The summed E-state index contributed by atoms with van der Waals surface area (Å²) in [6.45, 7) is 6.54. The van der Waals surface area contributed by atoms with Gasteiger partial charge < -0.3 is 15.5 Å². The second-order valence-corrected chi connectivity index (χ2v) is 6.92. The first-order valence-electron chi connectivity index (χ1n) is 9.57. The molecule has 1 aliphatic carbocycles. The van der Waals surface area contributed by atoms with Crippen LogP contribution >= 0.6 is 0 Å². The van der Waals surface area contributed by atoms with Crippen LogP contribution in [0.15, 0.2) is 54.6 Å². The highest BCUT2D eigenvalue weighted by molar-refractivity contribution is 6.13. The Morgan fingerprint density at radius 2 is 1.56 bits per heavy atom. The Hall–Kier alpha value is -2.82. The summed E-state index contributed by atoms with van der Waals surface area (Å²) in [4.78, 5) is 27.5. The number of amides is 2. The SMILES string of the molecule is CCN(CC)c1ccc(NC(=O)C2(C(=O)NCc3ccccc3)CC2)cc1. The van der Waals surface area contributed by atoms with Gasteiger partial charge in [-0.3, -0.25) is 9.59 Å². The van der Waals surface area contributed by atoms with Gasteiger partial charge in [0.1, 0.15) is 5.41 Å². The van der Waals surface area contributed by atoms with Crippen molar-refractivity contribution < 1.29 is 9.59 Å². The van der Waals surface area contributed by atoms with Gasteiger partial charge in [-0.05, 0) is 56.5 Å². The van der Waals surface area contributed by atoms with E-state index in [9.17, 15) is 9.59 Å². The lowest BCUT2D eigenvalue weighted by atomic mass is 10.0. The fourth-order valence-electron chi connectivity index (χ4n) is 3.22. The third-order valence-electron chi connectivity index (χ3n) is 5.17. The van der Waals surface area contributed by atoms with Crippen LogP contribution in [-0.4, -0.2) is 24.9 Å². The van der Waals surface area contributed by atoms with Gasteiger partial charge in [0.05, 0.1) is 0 Å². The van der Waals surface area contributed by atoms with E-state index in [1.165, 1.54) is 0 Å². The lowest BCUT2D eigenvalue weighted by molar-refractivity contribution is -0.134. The lowest BCUT2D eigenvalue weighted by Crippen LogP contribution is -2.39. The zero-order valence-corrected chi connectivity index (χ0v) is 16.0. The highest BCUT2D eigenvalue weighted by Crippen LogP contribution is 2.47. The fourth-order valence-corrected chi connectivity index (χ4v) is 3.22. The molecule has 2 aromatic rings. The van der Waals surface area contributed by atoms with Gasteiger partial charge in [-0.15, -0.1) is 0 Å². The summed E-state index contributed by atoms with van der Waals surface area (Å²) in [6.07, 6.45) is 1.19. The second-order valence-electron chi connectivity index (χ2n) is 6.92. The van der Waals surface area contributed by atoms with Crippen molar-refractivity contribution in [3.63, 3.8) is 0 Å². The molecule has 0 unspecified atom stereocenters. The van der Waals surface area contributed by atoms with Crippen molar-refractivity contribution >= 4 is 23.2 Å². The molecule has 0 spiro atoms. The first kappa shape index (κ1) is 19.0. The van der Waals surface area contributed by atoms with Crippen LogP contribution in [0, 0.1) is 5.41 Å². The third-order valence-corrected chi connectivity index (χ3v) is 5.17. The molecule has 5 nitrogen and oxygen atoms in total. The van der Waals surface area contributed by atoms with Crippen molar-refractivity contribution in [2.75, 3.05) is 23.3 Å². The molecule has 27 heavy (non-hydrogen) atoms. The van der Waals surface area contributed by atoms with E-state index in [2.05, 4.69) is 29.4 Å². The van der Waals surface area contributed by atoms with Crippen molar-refractivity contribution in [2.24, 2.45) is 5.41 Å². The van der Waals surface area contributed by atoms with Gasteiger partial charge in [0.25, 0.3) is 0 Å². The molecule has 1 saturated carbocycles. The van der Waals surface area contributed by atoms with E-state index < -0.39 is 5.41 Å². The van der Waals surface area contributed by atoms with Crippen LogP contribution in [0.25, 0.3) is 0 Å². The van der Waals surface area contributed by atoms with E-state index in [1.807, 2.05) is 54.6 Å². The van der Waals surface area contributed by atoms with Gasteiger partial charge in [-0.25, -0.2) is 0 Å². The molecule has 142 valence electrons. The van der Waals surface area contributed by atoms with Gasteiger partial charge in [0.2, 0.25) is 11.8 Å². The zero-order valence-electron chi connectivity index (χ0n) is 16.0. The molecule has 0 heterocycles. The van der Waals surface area contributed by atoms with Gasteiger partial charge in [0.15, 0.2) is 0 Å². The highest BCUT2D eigenvalue weighted by atomic mass is 16.2. The Morgan fingerprint density at radius 1 is 0.926 bits per heavy atom. The van der Waals surface area contributed by atoms with E-state index >= 15 is 0 Å². The van der Waals surface area contributed by atoms with E-state index in [1.54, 1.807) is 0 Å². The highest BCUT2D eigenvalue weighted by Gasteiger charge is 2.56. The van der Waals surface area contributed by atoms with Gasteiger partial charge >= 0.3 is 0 Å². The zero-order chi connectivity index (χ0) is 19.3. The van der Waals surface area contributed by atoms with E-state index in [0.717, 1.165) is 30.0 Å². The monoisotopic (exact) mass is 365 g/mol. The van der Waals surface area contributed by atoms with Crippen LogP contribution in [-0.2, 0) is 16.1 Å². The van der Waals surface area contributed by atoms with Crippen LogP contribution in [0.1, 0.15) is 32.3 Å². The summed E-state index contributed by atoms with van der Waals surface area (Å²) >= 11 is 0. The van der Waals surface area contributed by atoms with Crippen LogP contribution in [0.5, 0.6) is 0 Å². The van der Waals surface area contributed by atoms with Gasteiger partial charge in [-0.2, -0.15) is 0 Å². The first-order chi connectivity index (χ1) is 13.1. The van der Waals surface area contributed by atoms with Crippen molar-refractivity contribution in [1.29, 1.82) is 0 Å². The summed E-state index contributed by atoms with van der Waals surface area (Å²) in [5.74, 6) is -0.410. The number of rotatable bonds is 8. The van der Waals surface area contributed by atoms with Crippen molar-refractivity contribution in [2.45, 2.75) is 33.2 Å². The number of carbonyl (C=O) groups excluding carboxylic acids is 2. The van der Waals surface area contributed by atoms with Crippen molar-refractivity contribution in [3.8, 4) is 0 Å². The molecule has 0 bridgehead atoms. The Bertz CT molecular complexity index is 779. The van der Waals surface area contributed by atoms with E-state index in [-0.39, 0.29) is 11.8 Å². The summed E-state index contributed by atoms with van der Waals surface area (Å²) < 4.78 is 0. The molecular formula is C22H27N3O2. The average Bonchev–Trinajstić information content (AvgIpc) is 3.51. The molecule has 0 radical (unpaired) electrons. The molecule has 1 fully saturated rings. The number of nitrogens with zero attached hydrogens (tertiary/aromatic N) is 1. The predicted octanol–water partition coefficient (Wildman–Crippen LogP) is 3.57. The maximum Gasteiger partial charge on any atom is 0.240 e. The Balaban J connectivity index is 1.59. The minimum atomic E-state index is -0.924. The maximum atomic E-state index is 12.7. The molecule has 2 aromatic carbocycles. The van der Waals surface area contributed by atoms with Gasteiger partial charge in [0, 0.05) is 31.0 Å². The van der Waals surface area contributed by atoms with Crippen LogP contribution in [0.4, 0.5) is 11.4 Å². The van der Waals surface area contributed by atoms with Crippen molar-refractivity contribution in [1.82, 2.24) is 5.32 Å². The third kappa shape index (κ3) is 4.30. The molecular weight excluding hydrogens is 338 g/mol. The molecule has 0 atom stereocenters. The van der Waals surface area contributed by atoms with Crippen LogP contribution < -0.4 is 15.5 Å². The molecule has 0 saturated heterocycles. The quantitative estimate of drug-likeness (QED) is 0.703. The number of nitrogens with one attached hydrogen (secondary N) is 2. The molecule has 1 aliphatic rings. The van der Waals surface area contributed by atoms with Crippen LogP contribution in [0.2, 0.25) is 0 Å². The number of benzene rings is 2. The smallest absolute Gasteiger partial charge is 0.240 e. The summed E-state index contributed by atoms with van der Waals surface area (Å²) in [5, 5.41) is 5.81. The topological polar surface area (TPSA) is 61.4 Å². The minimum absolute atomic E-state index is 0.191. The first-order valence-corrected chi connectivity index (χ1v) is 9.57. The number of anilines is 2.